The van der Waals surface area contributed by atoms with Crippen LogP contribution >= 0.6 is 0 Å². The first-order valence-electron chi connectivity index (χ1n) is 12.2. The van der Waals surface area contributed by atoms with Crippen molar-refractivity contribution in [2.24, 2.45) is 11.3 Å². The van der Waals surface area contributed by atoms with E-state index in [0.717, 1.165) is 49.2 Å². The number of hydrogen-bond acceptors (Lipinski definition) is 5. The fourth-order valence-electron chi connectivity index (χ4n) is 6.30. The number of nitrogens with zero attached hydrogens (tertiary/aromatic N) is 3. The second kappa shape index (κ2) is 8.78. The van der Waals surface area contributed by atoms with Crippen LogP contribution in [0.3, 0.4) is 0 Å². The Morgan fingerprint density at radius 2 is 2.10 bits per heavy atom. The second-order valence-electron chi connectivity index (χ2n) is 10.4. The molecule has 166 valence electrons. The standard InChI is InChI=1S/C26H37N5/c1-19-13-26(14-19)15-23(16-26)30-25-12-24(28-18-29-25)20(2)27-9-5-10-31-11-8-21-6-3-4-7-22(21)17-31/h3,6,12,18-19,23,27H,2,4-5,7-11,13-17H2,1H3,(H,28,29,30). The van der Waals surface area contributed by atoms with Gasteiger partial charge in [0.2, 0.25) is 0 Å². The van der Waals surface area contributed by atoms with Crippen LogP contribution in [0.4, 0.5) is 5.82 Å². The quantitative estimate of drug-likeness (QED) is 0.595. The summed E-state index contributed by atoms with van der Waals surface area (Å²) in [6, 6.07) is 2.61. The SMILES string of the molecule is C=C(NCCCN1CCC2=C(CCC=C2)C1)c1cc(NC2CC3(CC(C)C3)C2)ncn1. The Bertz CT molecular complexity index is 872. The molecule has 4 aliphatic rings. The summed E-state index contributed by atoms with van der Waals surface area (Å²) in [6.07, 6.45) is 16.5. The third-order valence-corrected chi connectivity index (χ3v) is 7.74. The average molecular weight is 420 g/mol. The topological polar surface area (TPSA) is 53.1 Å². The molecule has 1 aromatic heterocycles. The number of hydrogen-bond donors (Lipinski definition) is 2. The molecule has 0 unspecified atom stereocenters. The molecule has 0 bridgehead atoms. The van der Waals surface area contributed by atoms with E-state index in [0.29, 0.717) is 11.5 Å². The van der Waals surface area contributed by atoms with E-state index in [1.807, 2.05) is 6.07 Å². The summed E-state index contributed by atoms with van der Waals surface area (Å²) in [5, 5.41) is 7.09. The molecule has 3 aliphatic carbocycles. The van der Waals surface area contributed by atoms with Gasteiger partial charge in [-0.2, -0.15) is 0 Å². The summed E-state index contributed by atoms with van der Waals surface area (Å²) in [4.78, 5) is 11.5. The Balaban J connectivity index is 1.03. The first-order valence-corrected chi connectivity index (χ1v) is 12.2. The van der Waals surface area contributed by atoms with Crippen LogP contribution in [0.5, 0.6) is 0 Å². The maximum atomic E-state index is 4.43. The molecule has 0 radical (unpaired) electrons. The van der Waals surface area contributed by atoms with E-state index in [4.69, 9.17) is 0 Å². The van der Waals surface area contributed by atoms with Gasteiger partial charge in [0.05, 0.1) is 11.4 Å². The first kappa shape index (κ1) is 20.7. The minimum Gasteiger partial charge on any atom is -0.384 e. The van der Waals surface area contributed by atoms with Crippen molar-refractivity contribution in [1.29, 1.82) is 0 Å². The molecule has 1 aliphatic heterocycles. The van der Waals surface area contributed by atoms with E-state index >= 15 is 0 Å². The Kier molecular flexibility index (Phi) is 5.87. The van der Waals surface area contributed by atoms with Gasteiger partial charge in [-0.3, -0.25) is 4.90 Å². The van der Waals surface area contributed by atoms with E-state index in [1.54, 1.807) is 17.5 Å². The lowest BCUT2D eigenvalue weighted by Crippen LogP contribution is -2.52. The molecule has 5 rings (SSSR count). The first-order chi connectivity index (χ1) is 15.1. The van der Waals surface area contributed by atoms with Crippen LogP contribution in [0.1, 0.15) is 64.0 Å². The van der Waals surface area contributed by atoms with E-state index in [1.165, 1.54) is 51.5 Å². The molecule has 1 aromatic rings. The molecule has 31 heavy (non-hydrogen) atoms. The predicted octanol–water partition coefficient (Wildman–Crippen LogP) is 4.77. The van der Waals surface area contributed by atoms with Crippen LogP contribution < -0.4 is 10.6 Å². The van der Waals surface area contributed by atoms with Crippen molar-refractivity contribution in [3.8, 4) is 0 Å². The summed E-state index contributed by atoms with van der Waals surface area (Å²) >= 11 is 0. The average Bonchev–Trinajstić information content (AvgIpc) is 2.74. The van der Waals surface area contributed by atoms with E-state index in [2.05, 4.69) is 51.2 Å². The number of allylic oxidation sites excluding steroid dienone is 2. The number of aromatic nitrogens is 2. The van der Waals surface area contributed by atoms with Crippen molar-refractivity contribution in [1.82, 2.24) is 20.2 Å². The highest BCUT2D eigenvalue weighted by atomic mass is 15.1. The molecule has 1 spiro atoms. The largest absolute Gasteiger partial charge is 0.384 e. The van der Waals surface area contributed by atoms with Gasteiger partial charge < -0.3 is 10.6 Å². The zero-order valence-electron chi connectivity index (χ0n) is 19.0. The number of rotatable bonds is 8. The van der Waals surface area contributed by atoms with Gasteiger partial charge in [0.25, 0.3) is 0 Å². The molecule has 2 saturated carbocycles. The minimum atomic E-state index is 0.566. The summed E-state index contributed by atoms with van der Waals surface area (Å²) in [5.41, 5.74) is 5.70. The maximum Gasteiger partial charge on any atom is 0.130 e. The molecule has 5 heteroatoms. The molecule has 2 fully saturated rings. The number of nitrogens with one attached hydrogen (secondary N) is 2. The van der Waals surface area contributed by atoms with Gasteiger partial charge in [0.15, 0.2) is 0 Å². The van der Waals surface area contributed by atoms with Gasteiger partial charge in [0.1, 0.15) is 12.1 Å². The zero-order valence-corrected chi connectivity index (χ0v) is 19.0. The van der Waals surface area contributed by atoms with Crippen molar-refractivity contribution < 1.29 is 0 Å². The molecular weight excluding hydrogens is 382 g/mol. The van der Waals surface area contributed by atoms with Crippen LogP contribution in [0.25, 0.3) is 5.70 Å². The molecule has 5 nitrogen and oxygen atoms in total. The monoisotopic (exact) mass is 419 g/mol. The zero-order chi connectivity index (χ0) is 21.3. The Morgan fingerprint density at radius 3 is 2.94 bits per heavy atom. The highest BCUT2D eigenvalue weighted by Gasteiger charge is 2.51. The van der Waals surface area contributed by atoms with Gasteiger partial charge >= 0.3 is 0 Å². The van der Waals surface area contributed by atoms with Gasteiger partial charge in [-0.1, -0.05) is 31.2 Å². The normalized spacial score (nSPS) is 29.8. The van der Waals surface area contributed by atoms with Crippen LogP contribution in [0, 0.1) is 11.3 Å². The van der Waals surface area contributed by atoms with Crippen LogP contribution in [0.2, 0.25) is 0 Å². The summed E-state index contributed by atoms with van der Waals surface area (Å²) in [5.74, 6) is 1.86. The van der Waals surface area contributed by atoms with Crippen molar-refractivity contribution in [3.05, 3.63) is 48.0 Å². The predicted molar refractivity (Wildman–Crippen MR) is 128 cm³/mol. The lowest BCUT2D eigenvalue weighted by molar-refractivity contribution is -0.0257. The van der Waals surface area contributed by atoms with Crippen molar-refractivity contribution in [3.63, 3.8) is 0 Å². The lowest BCUT2D eigenvalue weighted by Gasteiger charge is -2.57. The van der Waals surface area contributed by atoms with Crippen molar-refractivity contribution in [2.45, 2.75) is 64.3 Å². The van der Waals surface area contributed by atoms with E-state index in [-0.39, 0.29) is 0 Å². The van der Waals surface area contributed by atoms with E-state index < -0.39 is 0 Å². The van der Waals surface area contributed by atoms with Gasteiger partial charge in [-0.05, 0) is 68.3 Å². The van der Waals surface area contributed by atoms with Gasteiger partial charge in [-0.15, -0.1) is 0 Å². The fraction of sp³-hybridized carbons (Fsp3) is 0.615. The highest BCUT2D eigenvalue weighted by Crippen LogP contribution is 2.58. The Morgan fingerprint density at radius 1 is 1.23 bits per heavy atom. The molecule has 2 heterocycles. The molecule has 0 saturated heterocycles. The third kappa shape index (κ3) is 4.72. The van der Waals surface area contributed by atoms with Crippen LogP contribution in [0.15, 0.2) is 42.3 Å². The molecular formula is C26H37N5. The minimum absolute atomic E-state index is 0.566. The van der Waals surface area contributed by atoms with Crippen molar-refractivity contribution in [2.75, 3.05) is 31.5 Å². The van der Waals surface area contributed by atoms with Crippen LogP contribution in [-0.4, -0.2) is 47.1 Å². The van der Waals surface area contributed by atoms with Crippen LogP contribution in [-0.2, 0) is 0 Å². The van der Waals surface area contributed by atoms with Gasteiger partial charge in [-0.25, -0.2) is 9.97 Å². The van der Waals surface area contributed by atoms with Crippen molar-refractivity contribution >= 4 is 11.5 Å². The second-order valence-corrected chi connectivity index (χ2v) is 10.4. The smallest absolute Gasteiger partial charge is 0.130 e. The molecule has 0 amide bonds. The Labute approximate surface area is 187 Å². The lowest BCUT2D eigenvalue weighted by atomic mass is 9.50. The molecule has 0 atom stereocenters. The molecule has 0 aromatic carbocycles. The van der Waals surface area contributed by atoms with E-state index in [9.17, 15) is 0 Å². The molecule has 2 N–H and O–H groups in total. The highest BCUT2D eigenvalue weighted by molar-refractivity contribution is 5.60. The third-order valence-electron chi connectivity index (χ3n) is 7.74. The summed E-state index contributed by atoms with van der Waals surface area (Å²) < 4.78 is 0. The number of anilines is 1. The Hall–Kier alpha value is -2.14. The summed E-state index contributed by atoms with van der Waals surface area (Å²) in [7, 11) is 0. The summed E-state index contributed by atoms with van der Waals surface area (Å²) in [6.45, 7) is 11.0. The van der Waals surface area contributed by atoms with Gasteiger partial charge in [0, 0.05) is 38.3 Å². The maximum absolute atomic E-state index is 4.43. The fourth-order valence-corrected chi connectivity index (χ4v) is 6.30.